The highest BCUT2D eigenvalue weighted by Gasteiger charge is 2.17. The van der Waals surface area contributed by atoms with Crippen LogP contribution in [0.4, 0.5) is 0 Å². The molecule has 1 rings (SSSR count). The first kappa shape index (κ1) is 16.9. The zero-order valence-corrected chi connectivity index (χ0v) is 11.4. The molecule has 0 aliphatic rings. The van der Waals surface area contributed by atoms with Crippen LogP contribution < -0.4 is 5.73 Å². The Morgan fingerprint density at radius 3 is 2.72 bits per heavy atom. The number of aliphatic hydroxyl groups is 1. The van der Waals surface area contributed by atoms with Crippen LogP contribution in [0.5, 0.6) is 0 Å². The lowest BCUT2D eigenvalue weighted by Crippen LogP contribution is -2.26. The van der Waals surface area contributed by atoms with Gasteiger partial charge in [-0.25, -0.2) is 4.79 Å². The summed E-state index contributed by atoms with van der Waals surface area (Å²) in [6.07, 6.45) is 0.919. The van der Waals surface area contributed by atoms with Crippen molar-refractivity contribution in [1.29, 1.82) is 0 Å². The maximum absolute atomic E-state index is 11.4. The minimum Gasteiger partial charge on any atom is -0.465 e. The lowest BCUT2D eigenvalue weighted by molar-refractivity contribution is 0.0600. The van der Waals surface area contributed by atoms with E-state index >= 15 is 0 Å². The van der Waals surface area contributed by atoms with E-state index in [4.69, 9.17) is 5.73 Å². The molecular formula is C13H20ClNO3. The van der Waals surface area contributed by atoms with Gasteiger partial charge in [0.25, 0.3) is 0 Å². The van der Waals surface area contributed by atoms with E-state index < -0.39 is 18.1 Å². The summed E-state index contributed by atoms with van der Waals surface area (Å²) in [7, 11) is 1.33. The number of carbonyl (C=O) groups excluding carboxylic acids is 1. The minimum atomic E-state index is -0.590. The van der Waals surface area contributed by atoms with Gasteiger partial charge in [-0.05, 0) is 24.1 Å². The highest BCUT2D eigenvalue weighted by atomic mass is 35.5. The van der Waals surface area contributed by atoms with Crippen LogP contribution in [0.25, 0.3) is 0 Å². The van der Waals surface area contributed by atoms with Crippen molar-refractivity contribution in [2.45, 2.75) is 31.9 Å². The number of rotatable bonds is 5. The van der Waals surface area contributed by atoms with E-state index in [0.717, 1.165) is 12.0 Å². The first-order valence-electron chi connectivity index (χ1n) is 5.72. The van der Waals surface area contributed by atoms with Crippen LogP contribution in [0.2, 0.25) is 0 Å². The second kappa shape index (κ2) is 8.08. The molecule has 0 aromatic heterocycles. The highest BCUT2D eigenvalue weighted by molar-refractivity contribution is 5.89. The topological polar surface area (TPSA) is 72.5 Å². The number of ether oxygens (including phenoxy) is 1. The zero-order chi connectivity index (χ0) is 12.8. The first-order valence-corrected chi connectivity index (χ1v) is 5.72. The average molecular weight is 274 g/mol. The summed E-state index contributed by atoms with van der Waals surface area (Å²) < 4.78 is 4.64. The molecule has 0 aliphatic carbocycles. The van der Waals surface area contributed by atoms with E-state index in [0.29, 0.717) is 12.0 Å². The Morgan fingerprint density at radius 2 is 2.17 bits per heavy atom. The Labute approximate surface area is 114 Å². The first-order chi connectivity index (χ1) is 8.10. The van der Waals surface area contributed by atoms with Crippen LogP contribution in [-0.4, -0.2) is 24.3 Å². The fraction of sp³-hybridized carbons (Fsp3) is 0.462. The molecule has 4 nitrogen and oxygen atoms in total. The van der Waals surface area contributed by atoms with Gasteiger partial charge in [-0.15, -0.1) is 12.4 Å². The molecular weight excluding hydrogens is 254 g/mol. The summed E-state index contributed by atoms with van der Waals surface area (Å²) in [5.41, 5.74) is 7.13. The summed E-state index contributed by atoms with van der Waals surface area (Å²) in [5, 5.41) is 9.82. The van der Waals surface area contributed by atoms with Crippen molar-refractivity contribution in [3.8, 4) is 0 Å². The maximum Gasteiger partial charge on any atom is 0.337 e. The van der Waals surface area contributed by atoms with Crippen molar-refractivity contribution >= 4 is 18.4 Å². The molecule has 1 aromatic rings. The predicted molar refractivity (Wildman–Crippen MR) is 72.9 cm³/mol. The number of hydrogen-bond acceptors (Lipinski definition) is 4. The number of halogens is 1. The van der Waals surface area contributed by atoms with Crippen molar-refractivity contribution in [3.63, 3.8) is 0 Å². The van der Waals surface area contributed by atoms with Gasteiger partial charge in [0, 0.05) is 0 Å². The predicted octanol–water partition coefficient (Wildman–Crippen LogP) is 2.06. The molecule has 1 aromatic carbocycles. The number of benzene rings is 1. The van der Waals surface area contributed by atoms with Crippen molar-refractivity contribution in [3.05, 3.63) is 35.4 Å². The normalized spacial score (nSPS) is 13.3. The summed E-state index contributed by atoms with van der Waals surface area (Å²) in [6, 6.07) is 6.39. The largest absolute Gasteiger partial charge is 0.465 e. The number of esters is 1. The highest BCUT2D eigenvalue weighted by Crippen LogP contribution is 2.19. The summed E-state index contributed by atoms with van der Waals surface area (Å²) in [4.78, 5) is 11.4. The number of hydrogen-bond donors (Lipinski definition) is 2. The van der Waals surface area contributed by atoms with Gasteiger partial charge in [0.1, 0.15) is 0 Å². The second-order valence-electron chi connectivity index (χ2n) is 4.00. The van der Waals surface area contributed by atoms with Crippen LogP contribution in [-0.2, 0) is 4.74 Å². The molecule has 18 heavy (non-hydrogen) atoms. The molecule has 0 amide bonds. The molecule has 0 saturated heterocycles. The number of nitrogens with two attached hydrogens (primary N) is 1. The molecule has 2 atom stereocenters. The third-order valence-corrected chi connectivity index (χ3v) is 2.69. The van der Waals surface area contributed by atoms with Crippen molar-refractivity contribution in [2.75, 3.05) is 7.11 Å². The molecule has 0 saturated carbocycles. The molecule has 3 N–H and O–H groups in total. The second-order valence-corrected chi connectivity index (χ2v) is 4.00. The van der Waals surface area contributed by atoms with Gasteiger partial charge < -0.3 is 15.6 Å². The molecule has 0 bridgehead atoms. The van der Waals surface area contributed by atoms with Crippen molar-refractivity contribution in [2.24, 2.45) is 5.73 Å². The summed E-state index contributed by atoms with van der Waals surface area (Å²) in [6.45, 7) is 1.99. The van der Waals surface area contributed by atoms with E-state index in [9.17, 15) is 9.90 Å². The number of methoxy groups -OCH3 is 1. The van der Waals surface area contributed by atoms with Gasteiger partial charge >= 0.3 is 5.97 Å². The molecule has 0 fully saturated rings. The molecule has 0 heterocycles. The fourth-order valence-electron chi connectivity index (χ4n) is 1.69. The standard InChI is InChI=1S/C13H19NO3.ClH/c1-3-5-11(15)12(14)9-6-4-7-10(8-9)13(16)17-2;/h4,6-8,11-12,15H,3,5,14H2,1-2H3;1H/t11-,12+;/m1./s1. The van der Waals surface area contributed by atoms with E-state index in [1.165, 1.54) is 7.11 Å². The Balaban J connectivity index is 0.00000289. The monoisotopic (exact) mass is 273 g/mol. The Hall–Kier alpha value is -1.10. The summed E-state index contributed by atoms with van der Waals surface area (Å²) in [5.74, 6) is -0.399. The number of aliphatic hydroxyl groups excluding tert-OH is 1. The summed E-state index contributed by atoms with van der Waals surface area (Å²) >= 11 is 0. The third-order valence-electron chi connectivity index (χ3n) is 2.69. The van der Waals surface area contributed by atoms with Crippen molar-refractivity contribution < 1.29 is 14.6 Å². The lowest BCUT2D eigenvalue weighted by atomic mass is 9.97. The maximum atomic E-state index is 11.4. The molecule has 0 spiro atoms. The van der Waals surface area contributed by atoms with Crippen LogP contribution in [0.15, 0.2) is 24.3 Å². The van der Waals surface area contributed by atoms with Crippen molar-refractivity contribution in [1.82, 2.24) is 0 Å². The molecule has 0 aliphatic heterocycles. The molecule has 5 heteroatoms. The quantitative estimate of drug-likeness (QED) is 0.806. The smallest absolute Gasteiger partial charge is 0.337 e. The molecule has 0 radical (unpaired) electrons. The van der Waals surface area contributed by atoms with Crippen LogP contribution in [0.1, 0.15) is 41.7 Å². The Kier molecular flexibility index (Phi) is 7.59. The van der Waals surface area contributed by atoms with E-state index in [2.05, 4.69) is 4.74 Å². The minimum absolute atomic E-state index is 0. The van der Waals surface area contributed by atoms with Gasteiger partial charge in [0.05, 0.1) is 24.8 Å². The van der Waals surface area contributed by atoms with Gasteiger partial charge in [0.15, 0.2) is 0 Å². The Bertz CT molecular complexity index is 384. The molecule has 102 valence electrons. The van der Waals surface area contributed by atoms with E-state index in [-0.39, 0.29) is 12.4 Å². The van der Waals surface area contributed by atoms with Crippen LogP contribution >= 0.6 is 12.4 Å². The van der Waals surface area contributed by atoms with Crippen LogP contribution in [0, 0.1) is 0 Å². The van der Waals surface area contributed by atoms with E-state index in [1.54, 1.807) is 24.3 Å². The third kappa shape index (κ3) is 4.29. The van der Waals surface area contributed by atoms with E-state index in [1.807, 2.05) is 6.92 Å². The lowest BCUT2D eigenvalue weighted by Gasteiger charge is -2.19. The fourth-order valence-corrected chi connectivity index (χ4v) is 1.69. The van der Waals surface area contributed by atoms with Gasteiger partial charge in [-0.3, -0.25) is 0 Å². The zero-order valence-electron chi connectivity index (χ0n) is 10.6. The average Bonchev–Trinajstić information content (AvgIpc) is 2.37. The number of carbonyl (C=O) groups is 1. The Morgan fingerprint density at radius 1 is 1.50 bits per heavy atom. The van der Waals surface area contributed by atoms with Crippen LogP contribution in [0.3, 0.4) is 0 Å². The SMILES string of the molecule is CCC[C@@H](O)[C@@H](N)c1cccc(C(=O)OC)c1.Cl. The van der Waals surface area contributed by atoms with Gasteiger partial charge in [-0.1, -0.05) is 25.5 Å². The molecule has 0 unspecified atom stereocenters. The van der Waals surface area contributed by atoms with Gasteiger partial charge in [-0.2, -0.15) is 0 Å². The van der Waals surface area contributed by atoms with Gasteiger partial charge in [0.2, 0.25) is 0 Å².